The Kier molecular flexibility index (Phi) is 5.92. The summed E-state index contributed by atoms with van der Waals surface area (Å²) in [7, 11) is 1.94. The molecule has 0 aliphatic heterocycles. The highest BCUT2D eigenvalue weighted by molar-refractivity contribution is 5.81. The average Bonchev–Trinajstić information content (AvgIpc) is 2.34. The maximum Gasteiger partial charge on any atom is 0.237 e. The molecule has 4 nitrogen and oxygen atoms in total. The van der Waals surface area contributed by atoms with Crippen molar-refractivity contribution >= 4 is 5.91 Å². The minimum Gasteiger partial charge on any atom is -0.391 e. The summed E-state index contributed by atoms with van der Waals surface area (Å²) in [4.78, 5) is 13.9. The molecule has 1 saturated carbocycles. The number of nitrogens with zero attached hydrogens (tertiary/aromatic N) is 1. The number of hydrogen-bond acceptors (Lipinski definition) is 3. The van der Waals surface area contributed by atoms with Crippen molar-refractivity contribution in [2.24, 2.45) is 0 Å². The van der Waals surface area contributed by atoms with Crippen molar-refractivity contribution in [3.05, 3.63) is 0 Å². The van der Waals surface area contributed by atoms with Gasteiger partial charge >= 0.3 is 0 Å². The van der Waals surface area contributed by atoms with Gasteiger partial charge in [-0.3, -0.25) is 9.69 Å². The highest BCUT2D eigenvalue weighted by Crippen LogP contribution is 2.23. The van der Waals surface area contributed by atoms with E-state index >= 15 is 0 Å². The molecule has 0 aromatic heterocycles. The van der Waals surface area contributed by atoms with Crippen LogP contribution in [-0.4, -0.2) is 47.7 Å². The zero-order valence-electron chi connectivity index (χ0n) is 11.3. The molecule has 1 rings (SSSR count). The first kappa shape index (κ1) is 14.5. The predicted octanol–water partition coefficient (Wildman–Crippen LogP) is 1.14. The number of likely N-dealkylation sites (N-methyl/N-ethyl adjacent to an activating group) is 1. The van der Waals surface area contributed by atoms with E-state index in [1.54, 1.807) is 0 Å². The van der Waals surface area contributed by atoms with Gasteiger partial charge in [0.25, 0.3) is 0 Å². The van der Waals surface area contributed by atoms with E-state index < -0.39 is 0 Å². The van der Waals surface area contributed by atoms with Crippen molar-refractivity contribution in [1.29, 1.82) is 0 Å². The number of hydrogen-bond donors (Lipinski definition) is 2. The van der Waals surface area contributed by atoms with E-state index in [9.17, 15) is 9.90 Å². The van der Waals surface area contributed by atoms with Crippen molar-refractivity contribution in [2.45, 2.75) is 64.1 Å². The molecule has 3 unspecified atom stereocenters. The largest absolute Gasteiger partial charge is 0.391 e. The Labute approximate surface area is 104 Å². The molecule has 0 bridgehead atoms. The summed E-state index contributed by atoms with van der Waals surface area (Å²) >= 11 is 0. The van der Waals surface area contributed by atoms with Crippen LogP contribution in [0.2, 0.25) is 0 Å². The molecule has 0 spiro atoms. The standard InChI is InChI=1S/C13H26N2O2/c1-4-9-14-13(17)10(2)15(3)11-7-5-6-8-12(11)16/h10-12,16H,4-9H2,1-3H3,(H,14,17). The van der Waals surface area contributed by atoms with E-state index in [-0.39, 0.29) is 24.1 Å². The molecule has 0 heterocycles. The predicted molar refractivity (Wildman–Crippen MR) is 68.8 cm³/mol. The number of aliphatic hydroxyl groups excluding tert-OH is 1. The molecule has 1 aliphatic carbocycles. The maximum atomic E-state index is 11.9. The lowest BCUT2D eigenvalue weighted by molar-refractivity contribution is -0.127. The van der Waals surface area contributed by atoms with Gasteiger partial charge in [-0.2, -0.15) is 0 Å². The fourth-order valence-corrected chi connectivity index (χ4v) is 2.43. The molecule has 2 N–H and O–H groups in total. The van der Waals surface area contributed by atoms with Crippen LogP contribution in [-0.2, 0) is 4.79 Å². The summed E-state index contributed by atoms with van der Waals surface area (Å²) in [5, 5.41) is 12.9. The minimum absolute atomic E-state index is 0.0622. The molecular weight excluding hydrogens is 216 g/mol. The maximum absolute atomic E-state index is 11.9. The van der Waals surface area contributed by atoms with Gasteiger partial charge in [-0.05, 0) is 33.2 Å². The zero-order valence-corrected chi connectivity index (χ0v) is 11.3. The number of carbonyl (C=O) groups is 1. The second-order valence-electron chi connectivity index (χ2n) is 5.05. The van der Waals surface area contributed by atoms with Crippen LogP contribution < -0.4 is 5.32 Å². The molecule has 17 heavy (non-hydrogen) atoms. The summed E-state index contributed by atoms with van der Waals surface area (Å²) < 4.78 is 0. The Hall–Kier alpha value is -0.610. The molecule has 100 valence electrons. The van der Waals surface area contributed by atoms with Crippen molar-refractivity contribution < 1.29 is 9.90 Å². The van der Waals surface area contributed by atoms with E-state index in [4.69, 9.17) is 0 Å². The van der Waals surface area contributed by atoms with Gasteiger partial charge in [-0.25, -0.2) is 0 Å². The van der Waals surface area contributed by atoms with Crippen LogP contribution in [0.4, 0.5) is 0 Å². The topological polar surface area (TPSA) is 52.6 Å². The second-order valence-corrected chi connectivity index (χ2v) is 5.05. The number of rotatable bonds is 5. The Balaban J connectivity index is 2.49. The molecule has 1 aliphatic rings. The highest BCUT2D eigenvalue weighted by Gasteiger charge is 2.31. The Morgan fingerprint density at radius 1 is 1.47 bits per heavy atom. The van der Waals surface area contributed by atoms with E-state index in [1.807, 2.05) is 25.8 Å². The van der Waals surface area contributed by atoms with Crippen LogP contribution >= 0.6 is 0 Å². The van der Waals surface area contributed by atoms with Crippen molar-refractivity contribution in [1.82, 2.24) is 10.2 Å². The number of carbonyl (C=O) groups excluding carboxylic acids is 1. The molecule has 3 atom stereocenters. The quantitative estimate of drug-likeness (QED) is 0.760. The molecule has 4 heteroatoms. The first-order chi connectivity index (χ1) is 8.07. The van der Waals surface area contributed by atoms with Gasteiger partial charge in [0, 0.05) is 12.6 Å². The summed E-state index contributed by atoms with van der Waals surface area (Å²) in [5.74, 6) is 0.0622. The third kappa shape index (κ3) is 3.96. The van der Waals surface area contributed by atoms with E-state index in [1.165, 1.54) is 0 Å². The monoisotopic (exact) mass is 242 g/mol. The van der Waals surface area contributed by atoms with Crippen molar-refractivity contribution in [3.63, 3.8) is 0 Å². The first-order valence-electron chi connectivity index (χ1n) is 6.75. The summed E-state index contributed by atoms with van der Waals surface area (Å²) in [5.41, 5.74) is 0. The fourth-order valence-electron chi connectivity index (χ4n) is 2.43. The third-order valence-electron chi connectivity index (χ3n) is 3.76. The van der Waals surface area contributed by atoms with Gasteiger partial charge in [0.1, 0.15) is 0 Å². The Morgan fingerprint density at radius 3 is 2.71 bits per heavy atom. The Morgan fingerprint density at radius 2 is 2.12 bits per heavy atom. The van der Waals surface area contributed by atoms with Gasteiger partial charge < -0.3 is 10.4 Å². The summed E-state index contributed by atoms with van der Waals surface area (Å²) in [6.07, 6.45) is 4.77. The lowest BCUT2D eigenvalue weighted by atomic mass is 9.91. The van der Waals surface area contributed by atoms with Gasteiger partial charge in [-0.15, -0.1) is 0 Å². The molecule has 0 radical (unpaired) electrons. The van der Waals surface area contributed by atoms with E-state index in [0.717, 1.165) is 38.6 Å². The lowest BCUT2D eigenvalue weighted by Gasteiger charge is -2.38. The van der Waals surface area contributed by atoms with Crippen molar-refractivity contribution in [2.75, 3.05) is 13.6 Å². The lowest BCUT2D eigenvalue weighted by Crippen LogP contribution is -2.52. The van der Waals surface area contributed by atoms with Crippen LogP contribution in [0.3, 0.4) is 0 Å². The molecule has 0 aromatic rings. The molecule has 0 aromatic carbocycles. The average molecular weight is 242 g/mol. The van der Waals surface area contributed by atoms with Gasteiger partial charge in [0.2, 0.25) is 5.91 Å². The van der Waals surface area contributed by atoms with Gasteiger partial charge in [-0.1, -0.05) is 19.8 Å². The first-order valence-corrected chi connectivity index (χ1v) is 6.75. The molecule has 0 saturated heterocycles. The van der Waals surface area contributed by atoms with Crippen LogP contribution in [0.25, 0.3) is 0 Å². The highest BCUT2D eigenvalue weighted by atomic mass is 16.3. The Bertz CT molecular complexity index is 246. The van der Waals surface area contributed by atoms with E-state index in [0.29, 0.717) is 0 Å². The number of aliphatic hydroxyl groups is 1. The number of amides is 1. The summed E-state index contributed by atoms with van der Waals surface area (Å²) in [6.45, 7) is 4.68. The molecular formula is C13H26N2O2. The minimum atomic E-state index is -0.282. The molecule has 1 amide bonds. The van der Waals surface area contributed by atoms with Crippen LogP contribution in [0.5, 0.6) is 0 Å². The SMILES string of the molecule is CCCNC(=O)C(C)N(C)C1CCCCC1O. The van der Waals surface area contributed by atoms with Crippen LogP contribution in [0.1, 0.15) is 46.0 Å². The zero-order chi connectivity index (χ0) is 12.8. The summed E-state index contributed by atoms with van der Waals surface area (Å²) in [6, 6.07) is -0.0366. The third-order valence-corrected chi connectivity index (χ3v) is 3.76. The van der Waals surface area contributed by atoms with Crippen LogP contribution in [0.15, 0.2) is 0 Å². The van der Waals surface area contributed by atoms with E-state index in [2.05, 4.69) is 5.32 Å². The van der Waals surface area contributed by atoms with Crippen molar-refractivity contribution in [3.8, 4) is 0 Å². The van der Waals surface area contributed by atoms with Gasteiger partial charge in [0.15, 0.2) is 0 Å². The molecule has 1 fully saturated rings. The fraction of sp³-hybridized carbons (Fsp3) is 0.923. The normalized spacial score (nSPS) is 26.9. The second kappa shape index (κ2) is 6.97. The smallest absolute Gasteiger partial charge is 0.237 e. The van der Waals surface area contributed by atoms with Gasteiger partial charge in [0.05, 0.1) is 12.1 Å². The number of nitrogens with one attached hydrogen (secondary N) is 1. The van der Waals surface area contributed by atoms with Crippen LogP contribution in [0, 0.1) is 0 Å².